The van der Waals surface area contributed by atoms with Gasteiger partial charge in [0.15, 0.2) is 46.5 Å². The van der Waals surface area contributed by atoms with Crippen LogP contribution in [0.4, 0.5) is 70.2 Å². The van der Waals surface area contributed by atoms with E-state index in [1.165, 1.54) is 0 Å². The summed E-state index contributed by atoms with van der Waals surface area (Å²) in [5.74, 6) is -30.4. The molecule has 0 atom stereocenters. The third-order valence-corrected chi connectivity index (χ3v) is 8.01. The fraction of sp³-hybridized carbons (Fsp3) is 0.125. The molecule has 264 valence electrons. The van der Waals surface area contributed by atoms with Crippen LogP contribution in [-0.2, 0) is 25.2 Å². The first-order valence-corrected chi connectivity index (χ1v) is 13.3. The summed E-state index contributed by atoms with van der Waals surface area (Å²) in [7, 11) is 0. The van der Waals surface area contributed by atoms with Crippen molar-refractivity contribution in [3.05, 3.63) is 147 Å². The third-order valence-electron chi connectivity index (χ3n) is 8.01. The largest absolute Gasteiger partial charge is 0.523 e. The summed E-state index contributed by atoms with van der Waals surface area (Å²) in [5.41, 5.74) is -21.7. The molecule has 5 rings (SSSR count). The van der Waals surface area contributed by atoms with Gasteiger partial charge in [0.1, 0.15) is 30.9 Å². The Labute approximate surface area is 277 Å². The summed E-state index contributed by atoms with van der Waals surface area (Å²) in [4.78, 5) is 5.17. The van der Waals surface area contributed by atoms with Gasteiger partial charge in [-0.05, 0) is 39.1 Å². The van der Waals surface area contributed by atoms with Crippen molar-refractivity contribution in [3.8, 4) is 12.1 Å². The van der Waals surface area contributed by atoms with Gasteiger partial charge in [-0.3, -0.25) is 0 Å². The van der Waals surface area contributed by atoms with Crippen molar-refractivity contribution < 1.29 is 70.2 Å². The highest BCUT2D eigenvalue weighted by molar-refractivity contribution is 5.91. The SMILES string of the molecule is [C-]#[N+]C([N+]#[C-])=C1Cc2c(C(F)(F)F)c3c(c(C(F)(F)F)c2=C1c1c(F)c(F)c(F)c(F)c1F)CC(=C(C#N)C#N)C=3c1c(F)c(F)c(F)c(F)c1F. The van der Waals surface area contributed by atoms with Gasteiger partial charge < -0.3 is 0 Å². The Bertz CT molecular complexity index is 2310. The average molecular weight is 748 g/mol. The van der Waals surface area contributed by atoms with Crippen molar-refractivity contribution in [1.29, 1.82) is 10.5 Å². The highest BCUT2D eigenvalue weighted by Gasteiger charge is 2.50. The van der Waals surface area contributed by atoms with Gasteiger partial charge in [0.2, 0.25) is 11.6 Å². The van der Waals surface area contributed by atoms with Crippen LogP contribution in [0.1, 0.15) is 33.4 Å². The number of halogens is 16. The summed E-state index contributed by atoms with van der Waals surface area (Å²) in [6.45, 7) is 14.4. The summed E-state index contributed by atoms with van der Waals surface area (Å²) >= 11 is 0. The fourth-order valence-corrected chi connectivity index (χ4v) is 6.14. The number of nitriles is 2. The fourth-order valence-electron chi connectivity index (χ4n) is 6.14. The summed E-state index contributed by atoms with van der Waals surface area (Å²) in [6.07, 6.45) is -15.9. The second-order valence-corrected chi connectivity index (χ2v) is 10.5. The number of alkyl halides is 6. The maximum Gasteiger partial charge on any atom is 0.523 e. The normalized spacial score (nSPS) is 13.8. The molecule has 0 saturated heterocycles. The van der Waals surface area contributed by atoms with E-state index < -0.39 is 161 Å². The molecule has 2 aliphatic rings. The standard InChI is InChI=1S/C32H4F16N4/c1-51-30(52-2)11-4-10-15(13(11)17-22(35)26(39)29(42)27(40)23(17)36)18(31(43,44)45)9-3-8(7(5-49)6-50)12(14(9)19(10)32(46,47)48)16-20(33)24(37)28(41)25(38)21(16)34/h3-4H2. The molecule has 0 spiro atoms. The van der Waals surface area contributed by atoms with Crippen molar-refractivity contribution in [2.45, 2.75) is 25.2 Å². The van der Waals surface area contributed by atoms with Gasteiger partial charge in [-0.15, -0.1) is 0 Å². The van der Waals surface area contributed by atoms with Crippen molar-refractivity contribution in [2.24, 2.45) is 0 Å². The number of hydrogen-bond donors (Lipinski definition) is 0. The second-order valence-electron chi connectivity index (χ2n) is 10.5. The average Bonchev–Trinajstić information content (AvgIpc) is 3.62. The molecule has 2 aliphatic carbocycles. The predicted octanol–water partition coefficient (Wildman–Crippen LogP) is 8.02. The van der Waals surface area contributed by atoms with Gasteiger partial charge in [0.05, 0.1) is 27.8 Å². The van der Waals surface area contributed by atoms with Gasteiger partial charge in [-0.2, -0.15) is 46.6 Å². The Morgan fingerprint density at radius 3 is 1.08 bits per heavy atom. The molecule has 52 heavy (non-hydrogen) atoms. The van der Waals surface area contributed by atoms with Gasteiger partial charge >= 0.3 is 18.2 Å². The molecule has 0 unspecified atom stereocenters. The molecule has 4 nitrogen and oxygen atoms in total. The highest BCUT2D eigenvalue weighted by Crippen LogP contribution is 2.46. The van der Waals surface area contributed by atoms with E-state index >= 15 is 43.9 Å². The maximum absolute atomic E-state index is 15.3. The zero-order valence-electron chi connectivity index (χ0n) is 24.3. The monoisotopic (exact) mass is 748 g/mol. The van der Waals surface area contributed by atoms with Crippen LogP contribution in [0.15, 0.2) is 22.5 Å². The van der Waals surface area contributed by atoms with E-state index in [0.29, 0.717) is 0 Å². The lowest BCUT2D eigenvalue weighted by molar-refractivity contribution is -0.143. The lowest BCUT2D eigenvalue weighted by Gasteiger charge is -2.20. The first kappa shape index (κ1) is 37.0. The molecular formula is C32H4F16N4. The summed E-state index contributed by atoms with van der Waals surface area (Å²) < 4.78 is 238. The Morgan fingerprint density at radius 2 is 0.788 bits per heavy atom. The molecule has 0 heterocycles. The molecule has 0 fully saturated rings. The quantitative estimate of drug-likeness (QED) is 0.0878. The lowest BCUT2D eigenvalue weighted by atomic mass is 9.90. The number of hydrogen-bond acceptors (Lipinski definition) is 2. The molecular weight excluding hydrogens is 744 g/mol. The van der Waals surface area contributed by atoms with Gasteiger partial charge in [-0.25, -0.2) is 43.9 Å². The van der Waals surface area contributed by atoms with E-state index in [-0.39, 0.29) is 0 Å². The van der Waals surface area contributed by atoms with Crippen LogP contribution in [0, 0.1) is 94.0 Å². The van der Waals surface area contributed by atoms with Crippen LogP contribution in [-0.4, -0.2) is 0 Å². The first-order chi connectivity index (χ1) is 24.1. The Kier molecular flexibility index (Phi) is 8.67. The lowest BCUT2D eigenvalue weighted by Crippen LogP contribution is -2.36. The summed E-state index contributed by atoms with van der Waals surface area (Å²) in [5, 5.41) is 14.9. The van der Waals surface area contributed by atoms with Gasteiger partial charge in [-0.1, -0.05) is 0 Å². The zero-order chi connectivity index (χ0) is 39.1. The molecule has 0 aromatic heterocycles. The smallest absolute Gasteiger partial charge is 0.203 e. The number of fused-ring (bicyclic) bond motifs is 2. The van der Waals surface area contributed by atoms with Gasteiger partial charge in [0, 0.05) is 12.0 Å². The molecule has 0 N–H and O–H groups in total. The predicted molar refractivity (Wildman–Crippen MR) is 139 cm³/mol. The number of nitrogens with zero attached hydrogens (tertiary/aromatic N) is 4. The highest BCUT2D eigenvalue weighted by atomic mass is 19.4. The molecule has 3 aromatic rings. The molecule has 0 amide bonds. The molecule has 0 bridgehead atoms. The van der Waals surface area contributed by atoms with E-state index in [2.05, 4.69) is 9.69 Å². The van der Waals surface area contributed by atoms with Crippen LogP contribution < -0.4 is 10.4 Å². The Hall–Kier alpha value is -6.28. The van der Waals surface area contributed by atoms with Gasteiger partial charge in [0.25, 0.3) is 0 Å². The van der Waals surface area contributed by atoms with E-state index in [1.807, 2.05) is 0 Å². The minimum Gasteiger partial charge on any atom is -0.203 e. The van der Waals surface area contributed by atoms with Crippen LogP contribution in [0.5, 0.6) is 0 Å². The van der Waals surface area contributed by atoms with E-state index in [4.69, 9.17) is 13.1 Å². The third kappa shape index (κ3) is 5.05. The minimum absolute atomic E-state index is 1.02. The van der Waals surface area contributed by atoms with Crippen LogP contribution in [0.25, 0.3) is 20.8 Å². The minimum atomic E-state index is -6.13. The van der Waals surface area contributed by atoms with Crippen LogP contribution >= 0.6 is 0 Å². The number of benzene rings is 3. The van der Waals surface area contributed by atoms with E-state index in [0.717, 1.165) is 12.1 Å². The van der Waals surface area contributed by atoms with Crippen molar-refractivity contribution in [1.82, 2.24) is 0 Å². The first-order valence-electron chi connectivity index (χ1n) is 13.3. The van der Waals surface area contributed by atoms with Crippen molar-refractivity contribution >= 4 is 11.1 Å². The van der Waals surface area contributed by atoms with Crippen molar-refractivity contribution in [3.63, 3.8) is 0 Å². The second kappa shape index (κ2) is 12.2. The summed E-state index contributed by atoms with van der Waals surface area (Å²) in [6, 6.07) is 2.03. The van der Waals surface area contributed by atoms with E-state index in [9.17, 15) is 36.9 Å². The van der Waals surface area contributed by atoms with E-state index in [1.54, 1.807) is 0 Å². The molecule has 0 saturated carbocycles. The zero-order valence-corrected chi connectivity index (χ0v) is 24.3. The molecule has 3 aromatic carbocycles. The molecule has 0 aliphatic heterocycles. The maximum atomic E-state index is 15.3. The molecule has 0 radical (unpaired) electrons. The Balaban J connectivity index is 2.33. The topological polar surface area (TPSA) is 56.3 Å². The molecule has 20 heteroatoms. The number of allylic oxidation sites excluding steroid dienone is 3. The number of rotatable bonds is 2. The van der Waals surface area contributed by atoms with Crippen LogP contribution in [0.3, 0.4) is 0 Å². The Morgan fingerprint density at radius 1 is 0.500 bits per heavy atom. The van der Waals surface area contributed by atoms with Crippen molar-refractivity contribution in [2.75, 3.05) is 0 Å². The van der Waals surface area contributed by atoms with Crippen LogP contribution in [0.2, 0.25) is 0 Å².